The van der Waals surface area contributed by atoms with Crippen LogP contribution >= 0.6 is 0 Å². The van der Waals surface area contributed by atoms with Gasteiger partial charge in [0.2, 0.25) is 0 Å². The third-order valence-corrected chi connectivity index (χ3v) is 8.41. The van der Waals surface area contributed by atoms with Crippen molar-refractivity contribution < 1.29 is 9.90 Å². The first-order valence-electron chi connectivity index (χ1n) is 9.70. The maximum atomic E-state index is 13.3. The highest BCUT2D eigenvalue weighted by atomic mass is 16.3. The van der Waals surface area contributed by atoms with Crippen molar-refractivity contribution in [3.8, 4) is 6.07 Å². The van der Waals surface area contributed by atoms with Gasteiger partial charge < -0.3 is 5.11 Å². The van der Waals surface area contributed by atoms with E-state index >= 15 is 0 Å². The molecule has 0 heterocycles. The van der Waals surface area contributed by atoms with Gasteiger partial charge in [0.25, 0.3) is 0 Å². The average Bonchev–Trinajstić information content (AvgIpc) is 2.84. The van der Waals surface area contributed by atoms with E-state index in [2.05, 4.69) is 19.9 Å². The number of nitriles is 1. The molecule has 3 heteroatoms. The second-order valence-electron chi connectivity index (χ2n) is 9.35. The summed E-state index contributed by atoms with van der Waals surface area (Å²) in [5.74, 6) is 2.17. The minimum Gasteiger partial charge on any atom is -0.393 e. The third-order valence-electron chi connectivity index (χ3n) is 8.41. The Morgan fingerprint density at radius 2 is 2.04 bits per heavy atom. The zero-order chi connectivity index (χ0) is 17.1. The van der Waals surface area contributed by atoms with Crippen LogP contribution in [0.15, 0.2) is 11.6 Å². The van der Waals surface area contributed by atoms with Gasteiger partial charge in [-0.25, -0.2) is 0 Å². The SMILES string of the molecule is CC12CC(=O)[C@H]3C(CC[C@H]4C[C@H](O)CCC43C)[C@@H]1CC/C2=C/C#N. The van der Waals surface area contributed by atoms with E-state index in [9.17, 15) is 9.90 Å². The lowest BCUT2D eigenvalue weighted by atomic mass is 9.44. The molecule has 7 atom stereocenters. The summed E-state index contributed by atoms with van der Waals surface area (Å²) >= 11 is 0. The Morgan fingerprint density at radius 1 is 1.25 bits per heavy atom. The van der Waals surface area contributed by atoms with Crippen molar-refractivity contribution in [2.45, 2.75) is 71.3 Å². The molecule has 1 N–H and O–H groups in total. The first-order valence-corrected chi connectivity index (χ1v) is 9.70. The average molecular weight is 327 g/mol. The van der Waals surface area contributed by atoms with Crippen LogP contribution in [0.5, 0.6) is 0 Å². The van der Waals surface area contributed by atoms with E-state index in [0.717, 1.165) is 44.9 Å². The standard InChI is InChI=1S/C21H29NO2/c1-20-9-7-15(23)11-14(20)3-5-16-17-6-4-13(8-10-22)21(17,2)12-18(24)19(16)20/h8,14-17,19,23H,3-7,9,11-12H2,1-2H3/b13-8-/t14-,15+,16?,17-,19+,20?,21?/m0/s1. The van der Waals surface area contributed by atoms with E-state index in [-0.39, 0.29) is 22.9 Å². The van der Waals surface area contributed by atoms with Crippen LogP contribution in [0.4, 0.5) is 0 Å². The van der Waals surface area contributed by atoms with Crippen LogP contribution in [0, 0.1) is 45.8 Å². The van der Waals surface area contributed by atoms with Gasteiger partial charge in [-0.3, -0.25) is 4.79 Å². The van der Waals surface area contributed by atoms with Crippen LogP contribution in [0.3, 0.4) is 0 Å². The zero-order valence-electron chi connectivity index (χ0n) is 14.9. The van der Waals surface area contributed by atoms with Gasteiger partial charge in [0.1, 0.15) is 5.78 Å². The van der Waals surface area contributed by atoms with E-state index in [1.807, 2.05) is 0 Å². The molecule has 4 saturated carbocycles. The number of carbonyl (C=O) groups excluding carboxylic acids is 1. The zero-order valence-corrected chi connectivity index (χ0v) is 14.9. The van der Waals surface area contributed by atoms with Crippen LogP contribution in [-0.4, -0.2) is 17.0 Å². The molecule has 0 aromatic heterocycles. The number of hydrogen-bond donors (Lipinski definition) is 1. The molecule has 0 aromatic rings. The summed E-state index contributed by atoms with van der Waals surface area (Å²) in [6.45, 7) is 4.57. The van der Waals surface area contributed by atoms with Crippen molar-refractivity contribution >= 4 is 5.78 Å². The maximum absolute atomic E-state index is 13.3. The lowest BCUT2D eigenvalue weighted by Crippen LogP contribution is -2.57. The molecule has 3 unspecified atom stereocenters. The highest BCUT2D eigenvalue weighted by molar-refractivity contribution is 5.85. The number of fused-ring (bicyclic) bond motifs is 5. The molecule has 0 bridgehead atoms. The predicted molar refractivity (Wildman–Crippen MR) is 91.8 cm³/mol. The van der Waals surface area contributed by atoms with Gasteiger partial charge in [0, 0.05) is 18.4 Å². The molecule has 0 saturated heterocycles. The highest BCUT2D eigenvalue weighted by Gasteiger charge is 2.62. The summed E-state index contributed by atoms with van der Waals surface area (Å²) in [4.78, 5) is 13.3. The molecule has 4 aliphatic rings. The minimum absolute atomic E-state index is 0.0780. The van der Waals surface area contributed by atoms with Gasteiger partial charge in [-0.05, 0) is 73.5 Å². The van der Waals surface area contributed by atoms with Crippen molar-refractivity contribution in [1.29, 1.82) is 5.26 Å². The molecule has 0 spiro atoms. The molecule has 3 nitrogen and oxygen atoms in total. The van der Waals surface area contributed by atoms with Crippen molar-refractivity contribution in [3.05, 3.63) is 11.6 Å². The second kappa shape index (κ2) is 5.43. The maximum Gasteiger partial charge on any atom is 0.137 e. The normalized spacial score (nSPS) is 52.3. The van der Waals surface area contributed by atoms with Gasteiger partial charge in [-0.15, -0.1) is 0 Å². The smallest absolute Gasteiger partial charge is 0.137 e. The summed E-state index contributed by atoms with van der Waals surface area (Å²) in [5.41, 5.74) is 1.22. The molecular formula is C21H29NO2. The van der Waals surface area contributed by atoms with E-state index in [4.69, 9.17) is 5.26 Å². The topological polar surface area (TPSA) is 61.1 Å². The Kier molecular flexibility index (Phi) is 3.69. The summed E-state index contributed by atoms with van der Waals surface area (Å²) in [5, 5.41) is 19.2. The van der Waals surface area contributed by atoms with Crippen LogP contribution in [0.1, 0.15) is 65.2 Å². The van der Waals surface area contributed by atoms with Gasteiger partial charge >= 0.3 is 0 Å². The molecule has 130 valence electrons. The van der Waals surface area contributed by atoms with Crippen molar-refractivity contribution in [1.82, 2.24) is 0 Å². The molecular weight excluding hydrogens is 298 g/mol. The van der Waals surface area contributed by atoms with E-state index in [0.29, 0.717) is 30.0 Å². The number of carbonyl (C=O) groups is 1. The summed E-state index contributed by atoms with van der Waals surface area (Å²) in [7, 11) is 0. The Labute approximate surface area is 145 Å². The summed E-state index contributed by atoms with van der Waals surface area (Å²) in [6.07, 6.45) is 9.33. The number of rotatable bonds is 0. The van der Waals surface area contributed by atoms with E-state index < -0.39 is 0 Å². The molecule has 0 aromatic carbocycles. The van der Waals surface area contributed by atoms with Crippen LogP contribution < -0.4 is 0 Å². The van der Waals surface area contributed by atoms with Crippen LogP contribution in [0.25, 0.3) is 0 Å². The largest absolute Gasteiger partial charge is 0.393 e. The van der Waals surface area contributed by atoms with Gasteiger partial charge in [0.05, 0.1) is 12.2 Å². The minimum atomic E-state index is -0.166. The molecule has 4 rings (SSSR count). The quantitative estimate of drug-likeness (QED) is 0.684. The Balaban J connectivity index is 1.70. The highest BCUT2D eigenvalue weighted by Crippen LogP contribution is 2.66. The second-order valence-corrected chi connectivity index (χ2v) is 9.35. The fourth-order valence-corrected chi connectivity index (χ4v) is 7.21. The Bertz CT molecular complexity index is 632. The van der Waals surface area contributed by atoms with Gasteiger partial charge in [-0.1, -0.05) is 19.4 Å². The molecule has 4 fully saturated rings. The number of Topliss-reactive ketones (excluding diaryl/α,β-unsaturated/α-hetero) is 1. The van der Waals surface area contributed by atoms with Crippen molar-refractivity contribution in [3.63, 3.8) is 0 Å². The first kappa shape index (κ1) is 16.3. The fourth-order valence-electron chi connectivity index (χ4n) is 7.21. The molecule has 24 heavy (non-hydrogen) atoms. The number of ketones is 1. The molecule has 0 amide bonds. The molecule has 0 aliphatic heterocycles. The first-order chi connectivity index (χ1) is 11.4. The van der Waals surface area contributed by atoms with Gasteiger partial charge in [0.15, 0.2) is 0 Å². The molecule has 4 aliphatic carbocycles. The van der Waals surface area contributed by atoms with Crippen LogP contribution in [-0.2, 0) is 4.79 Å². The number of aliphatic hydroxyl groups is 1. The van der Waals surface area contributed by atoms with Gasteiger partial charge in [-0.2, -0.15) is 5.26 Å². The fraction of sp³-hybridized carbons (Fsp3) is 0.810. The number of aliphatic hydroxyl groups excluding tert-OH is 1. The Hall–Kier alpha value is -1.14. The molecule has 0 radical (unpaired) electrons. The van der Waals surface area contributed by atoms with E-state index in [1.54, 1.807) is 6.08 Å². The third kappa shape index (κ3) is 2.08. The number of hydrogen-bond acceptors (Lipinski definition) is 3. The summed E-state index contributed by atoms with van der Waals surface area (Å²) < 4.78 is 0. The summed E-state index contributed by atoms with van der Waals surface area (Å²) in [6, 6.07) is 2.21. The number of allylic oxidation sites excluding steroid dienone is 2. The predicted octanol–water partition coefficient (Wildman–Crippen LogP) is 4.02. The number of nitrogens with zero attached hydrogens (tertiary/aromatic N) is 1. The lowest BCUT2D eigenvalue weighted by molar-refractivity contribution is -0.157. The monoisotopic (exact) mass is 327 g/mol. The lowest BCUT2D eigenvalue weighted by Gasteiger charge is -2.59. The van der Waals surface area contributed by atoms with Crippen molar-refractivity contribution in [2.75, 3.05) is 0 Å². The van der Waals surface area contributed by atoms with E-state index in [1.165, 1.54) is 5.57 Å². The van der Waals surface area contributed by atoms with Crippen molar-refractivity contribution in [2.24, 2.45) is 34.5 Å². The Morgan fingerprint density at radius 3 is 2.79 bits per heavy atom. The van der Waals surface area contributed by atoms with Crippen LogP contribution in [0.2, 0.25) is 0 Å².